The predicted octanol–water partition coefficient (Wildman–Crippen LogP) is -1.24. The zero-order chi connectivity index (χ0) is 14.4. The Bertz CT molecular complexity index is 467. The van der Waals surface area contributed by atoms with Crippen LogP contribution in [0.4, 0.5) is 0 Å². The van der Waals surface area contributed by atoms with Gasteiger partial charge in [0.2, 0.25) is 5.91 Å². The van der Waals surface area contributed by atoms with E-state index in [2.05, 4.69) is 5.16 Å². The van der Waals surface area contributed by atoms with E-state index in [0.717, 1.165) is 4.90 Å². The van der Waals surface area contributed by atoms with Crippen molar-refractivity contribution in [3.8, 4) is 5.88 Å². The minimum Gasteiger partial charge on any atom is -0.480 e. The summed E-state index contributed by atoms with van der Waals surface area (Å²) in [6.45, 7) is 0.0490. The summed E-state index contributed by atoms with van der Waals surface area (Å²) in [5.41, 5.74) is 4.92. The molecule has 0 atom stereocenters. The summed E-state index contributed by atoms with van der Waals surface area (Å²) in [6.07, 6.45) is 0. The first-order valence-corrected chi connectivity index (χ1v) is 5.22. The van der Waals surface area contributed by atoms with Crippen molar-refractivity contribution < 1.29 is 28.8 Å². The molecule has 0 radical (unpaired) electrons. The quantitative estimate of drug-likeness (QED) is 0.632. The van der Waals surface area contributed by atoms with E-state index in [0.29, 0.717) is 5.76 Å². The molecule has 1 aromatic heterocycles. The molecule has 0 aliphatic heterocycles. The molecule has 1 rings (SSSR count). The van der Waals surface area contributed by atoms with E-state index in [1.54, 1.807) is 6.92 Å². The average Bonchev–Trinajstić information content (AvgIpc) is 2.70. The molecule has 0 aliphatic rings. The Morgan fingerprint density at radius 2 is 2.16 bits per heavy atom. The van der Waals surface area contributed by atoms with Crippen LogP contribution in [0.15, 0.2) is 10.6 Å². The Morgan fingerprint density at radius 3 is 2.63 bits per heavy atom. The fourth-order valence-electron chi connectivity index (χ4n) is 1.22. The van der Waals surface area contributed by atoms with Gasteiger partial charge in [0.05, 0.1) is 0 Å². The van der Waals surface area contributed by atoms with Crippen LogP contribution in [0.5, 0.6) is 5.88 Å². The van der Waals surface area contributed by atoms with E-state index in [4.69, 9.17) is 20.1 Å². The SMILES string of the molecule is Cc1cc(OCC(=O)N(CC(N)=O)CC(=O)O)no1. The van der Waals surface area contributed by atoms with Gasteiger partial charge in [-0.15, -0.1) is 0 Å². The highest BCUT2D eigenvalue weighted by atomic mass is 16.5. The second-order valence-corrected chi connectivity index (χ2v) is 3.67. The van der Waals surface area contributed by atoms with Gasteiger partial charge >= 0.3 is 5.97 Å². The number of rotatable bonds is 7. The molecule has 9 nitrogen and oxygen atoms in total. The molecule has 0 bridgehead atoms. The molecule has 0 spiro atoms. The summed E-state index contributed by atoms with van der Waals surface area (Å²) in [4.78, 5) is 33.7. The van der Waals surface area contributed by atoms with Gasteiger partial charge in [-0.25, -0.2) is 0 Å². The molecule has 0 aliphatic carbocycles. The van der Waals surface area contributed by atoms with Crippen LogP contribution in [0, 0.1) is 6.92 Å². The van der Waals surface area contributed by atoms with Gasteiger partial charge in [-0.05, 0) is 12.1 Å². The molecule has 0 unspecified atom stereocenters. The Kier molecular flexibility index (Phi) is 4.86. The molecule has 104 valence electrons. The number of hydrogen-bond acceptors (Lipinski definition) is 6. The van der Waals surface area contributed by atoms with Gasteiger partial charge in [-0.2, -0.15) is 0 Å². The summed E-state index contributed by atoms with van der Waals surface area (Å²) in [5, 5.41) is 12.1. The highest BCUT2D eigenvalue weighted by Crippen LogP contribution is 2.09. The summed E-state index contributed by atoms with van der Waals surface area (Å²) in [6, 6.07) is 1.46. The molecule has 2 amide bonds. The summed E-state index contributed by atoms with van der Waals surface area (Å²) >= 11 is 0. The van der Waals surface area contributed by atoms with Gasteiger partial charge in [-0.1, -0.05) is 0 Å². The number of aryl methyl sites for hydroxylation is 1. The maximum Gasteiger partial charge on any atom is 0.323 e. The van der Waals surface area contributed by atoms with Crippen molar-refractivity contribution in [3.63, 3.8) is 0 Å². The van der Waals surface area contributed by atoms with Crippen molar-refractivity contribution in [1.82, 2.24) is 10.1 Å². The minimum atomic E-state index is -1.26. The van der Waals surface area contributed by atoms with Crippen molar-refractivity contribution in [1.29, 1.82) is 0 Å². The number of aliphatic carboxylic acids is 1. The predicted molar refractivity (Wildman–Crippen MR) is 60.1 cm³/mol. The summed E-state index contributed by atoms with van der Waals surface area (Å²) < 4.78 is 9.71. The van der Waals surface area contributed by atoms with Crippen molar-refractivity contribution in [2.45, 2.75) is 6.92 Å². The third-order valence-electron chi connectivity index (χ3n) is 1.98. The molecule has 3 N–H and O–H groups in total. The third kappa shape index (κ3) is 5.06. The van der Waals surface area contributed by atoms with Crippen LogP contribution >= 0.6 is 0 Å². The monoisotopic (exact) mass is 271 g/mol. The molecular weight excluding hydrogens is 258 g/mol. The lowest BCUT2D eigenvalue weighted by Gasteiger charge is -2.18. The second kappa shape index (κ2) is 6.38. The molecular formula is C10H13N3O6. The molecule has 0 saturated heterocycles. The number of nitrogens with two attached hydrogens (primary N) is 1. The first kappa shape index (κ1) is 14.5. The number of ether oxygens (including phenoxy) is 1. The van der Waals surface area contributed by atoms with Crippen molar-refractivity contribution >= 4 is 17.8 Å². The molecule has 0 saturated carbocycles. The number of carboxylic acid groups (broad SMARTS) is 1. The van der Waals surface area contributed by atoms with Crippen LogP contribution in [0.2, 0.25) is 0 Å². The van der Waals surface area contributed by atoms with Crippen LogP contribution < -0.4 is 10.5 Å². The maximum absolute atomic E-state index is 11.7. The van der Waals surface area contributed by atoms with Crippen molar-refractivity contribution in [2.24, 2.45) is 5.73 Å². The van der Waals surface area contributed by atoms with Gasteiger partial charge in [0.15, 0.2) is 6.61 Å². The van der Waals surface area contributed by atoms with Crippen molar-refractivity contribution in [2.75, 3.05) is 19.7 Å². The number of nitrogens with zero attached hydrogens (tertiary/aromatic N) is 2. The molecule has 9 heteroatoms. The Morgan fingerprint density at radius 1 is 1.47 bits per heavy atom. The second-order valence-electron chi connectivity index (χ2n) is 3.67. The minimum absolute atomic E-state index is 0.0974. The standard InChI is InChI=1S/C10H13N3O6/c1-6-2-8(12-19-6)18-5-9(15)13(3-7(11)14)4-10(16)17/h2H,3-5H2,1H3,(H2,11,14)(H,16,17). The van der Waals surface area contributed by atoms with Crippen molar-refractivity contribution in [3.05, 3.63) is 11.8 Å². The van der Waals surface area contributed by atoms with E-state index in [-0.39, 0.29) is 5.88 Å². The van der Waals surface area contributed by atoms with E-state index < -0.39 is 37.5 Å². The van der Waals surface area contributed by atoms with Crippen LogP contribution in [0.25, 0.3) is 0 Å². The zero-order valence-electron chi connectivity index (χ0n) is 10.2. The van der Waals surface area contributed by atoms with Gasteiger partial charge in [0.1, 0.15) is 18.8 Å². The molecule has 1 aromatic rings. The van der Waals surface area contributed by atoms with Gasteiger partial charge in [-0.3, -0.25) is 14.4 Å². The Hall–Kier alpha value is -2.58. The molecule has 19 heavy (non-hydrogen) atoms. The largest absolute Gasteiger partial charge is 0.480 e. The number of aromatic nitrogens is 1. The molecule has 0 fully saturated rings. The lowest BCUT2D eigenvalue weighted by Crippen LogP contribution is -2.43. The lowest BCUT2D eigenvalue weighted by atomic mass is 10.4. The highest BCUT2D eigenvalue weighted by molar-refractivity contribution is 5.87. The molecule has 0 aromatic carbocycles. The zero-order valence-corrected chi connectivity index (χ0v) is 10.2. The van der Waals surface area contributed by atoms with Crippen LogP contribution in [0.3, 0.4) is 0 Å². The smallest absolute Gasteiger partial charge is 0.323 e. The number of carbonyl (C=O) groups excluding carboxylic acids is 2. The normalized spacial score (nSPS) is 9.95. The fraction of sp³-hybridized carbons (Fsp3) is 0.400. The Balaban J connectivity index is 2.55. The van der Waals surface area contributed by atoms with Crippen LogP contribution in [-0.4, -0.2) is 52.6 Å². The van der Waals surface area contributed by atoms with Crippen LogP contribution in [0.1, 0.15) is 5.76 Å². The fourth-order valence-corrected chi connectivity index (χ4v) is 1.22. The summed E-state index contributed by atoms with van der Waals surface area (Å²) in [7, 11) is 0. The Labute approximate surface area is 107 Å². The number of hydrogen-bond donors (Lipinski definition) is 2. The van der Waals surface area contributed by atoms with Crippen LogP contribution in [-0.2, 0) is 14.4 Å². The number of carbonyl (C=O) groups is 3. The number of amides is 2. The first-order valence-electron chi connectivity index (χ1n) is 5.22. The van der Waals surface area contributed by atoms with E-state index in [1.165, 1.54) is 6.07 Å². The topological polar surface area (TPSA) is 136 Å². The van der Waals surface area contributed by atoms with Gasteiger partial charge in [0.25, 0.3) is 11.8 Å². The average molecular weight is 271 g/mol. The van der Waals surface area contributed by atoms with Gasteiger partial charge < -0.3 is 25.0 Å². The number of primary amides is 1. The van der Waals surface area contributed by atoms with E-state index in [9.17, 15) is 14.4 Å². The molecule has 1 heterocycles. The third-order valence-corrected chi connectivity index (χ3v) is 1.98. The number of carboxylic acids is 1. The lowest BCUT2D eigenvalue weighted by molar-refractivity contribution is -0.146. The first-order chi connectivity index (χ1) is 8.88. The maximum atomic E-state index is 11.7. The van der Waals surface area contributed by atoms with E-state index in [1.807, 2.05) is 0 Å². The highest BCUT2D eigenvalue weighted by Gasteiger charge is 2.19. The summed E-state index contributed by atoms with van der Waals surface area (Å²) in [5.74, 6) is -2.16. The van der Waals surface area contributed by atoms with Gasteiger partial charge in [0, 0.05) is 6.07 Å². The van der Waals surface area contributed by atoms with E-state index >= 15 is 0 Å².